The lowest BCUT2D eigenvalue weighted by molar-refractivity contribution is 0.669. The smallest absolute Gasteiger partial charge is 0.136 e. The van der Waals surface area contributed by atoms with Crippen molar-refractivity contribution in [2.75, 3.05) is 9.80 Å². The van der Waals surface area contributed by atoms with Gasteiger partial charge in [-0.15, -0.1) is 34.0 Å². The Morgan fingerprint density at radius 2 is 0.460 bits per heavy atom. The van der Waals surface area contributed by atoms with Gasteiger partial charge in [-0.05, 0) is 243 Å². The maximum Gasteiger partial charge on any atom is 0.136 e. The molecule has 0 saturated heterocycles. The molecule has 4 aromatic heterocycles. The molecule has 0 saturated carbocycles. The van der Waals surface area contributed by atoms with E-state index in [0.717, 1.165) is 61.8 Å². The highest BCUT2D eigenvalue weighted by Gasteiger charge is 2.22. The fourth-order valence-electron chi connectivity index (χ4n) is 18.8. The minimum Gasteiger partial charge on any atom is -0.456 e. The number of hydrogen-bond donors (Lipinski definition) is 0. The molecule has 3 nitrogen and oxygen atoms in total. The minimum atomic E-state index is 0.907. The number of benzene rings is 21. The fourth-order valence-corrected chi connectivity index (χ4v) is 22.4. The molecule has 4 heterocycles. The first-order valence-electron chi connectivity index (χ1n) is 42.9. The van der Waals surface area contributed by atoms with Crippen molar-refractivity contribution in [2.24, 2.45) is 0 Å². The second kappa shape index (κ2) is 31.4. The highest BCUT2D eigenvalue weighted by molar-refractivity contribution is 7.27. The first-order chi connectivity index (χ1) is 62.4. The molecule has 0 radical (unpaired) electrons. The van der Waals surface area contributed by atoms with E-state index >= 15 is 0 Å². The van der Waals surface area contributed by atoms with Gasteiger partial charge < -0.3 is 14.2 Å². The number of anilines is 6. The van der Waals surface area contributed by atoms with E-state index < -0.39 is 0 Å². The third-order valence-corrected chi connectivity index (χ3v) is 28.8. The zero-order valence-electron chi connectivity index (χ0n) is 68.4. The molecule has 0 aliphatic rings. The van der Waals surface area contributed by atoms with Crippen LogP contribution < -0.4 is 9.80 Å². The van der Waals surface area contributed by atoms with Gasteiger partial charge in [-0.2, -0.15) is 0 Å². The topological polar surface area (TPSA) is 19.6 Å². The van der Waals surface area contributed by atoms with E-state index in [-0.39, 0.29) is 0 Å². The van der Waals surface area contributed by atoms with Crippen LogP contribution in [0.3, 0.4) is 0 Å². The lowest BCUT2D eigenvalue weighted by atomic mass is 9.94. The van der Waals surface area contributed by atoms with Crippen LogP contribution in [0, 0.1) is 0 Å². The maximum absolute atomic E-state index is 6.43. The van der Waals surface area contributed by atoms with Crippen LogP contribution in [0.1, 0.15) is 0 Å². The molecule has 0 N–H and O–H groups in total. The van der Waals surface area contributed by atoms with Crippen LogP contribution in [0.4, 0.5) is 34.1 Å². The summed E-state index contributed by atoms with van der Waals surface area (Å²) in [7, 11) is 0. The van der Waals surface area contributed by atoms with Crippen LogP contribution in [0.15, 0.2) is 465 Å². The average molecular weight is 1660 g/mol. The van der Waals surface area contributed by atoms with Crippen LogP contribution in [-0.4, -0.2) is 0 Å². The van der Waals surface area contributed by atoms with E-state index in [1.807, 2.05) is 40.1 Å². The second-order valence-electron chi connectivity index (χ2n) is 32.5. The molecule has 0 unspecified atom stereocenters. The lowest BCUT2D eigenvalue weighted by Crippen LogP contribution is -2.09. The molecule has 0 spiro atoms. The van der Waals surface area contributed by atoms with Gasteiger partial charge in [0.1, 0.15) is 11.2 Å². The Kier molecular flexibility index (Phi) is 18.5. The summed E-state index contributed by atoms with van der Waals surface area (Å²) in [5, 5.41) is 17.9. The van der Waals surface area contributed by atoms with Gasteiger partial charge in [0, 0.05) is 105 Å². The van der Waals surface area contributed by atoms with Gasteiger partial charge >= 0.3 is 0 Å². The zero-order chi connectivity index (χ0) is 83.1. The molecular formula is C120H76N2OS3. The van der Waals surface area contributed by atoms with Crippen LogP contribution in [0.5, 0.6) is 0 Å². The van der Waals surface area contributed by atoms with Gasteiger partial charge in [-0.3, -0.25) is 0 Å². The molecule has 126 heavy (non-hydrogen) atoms. The number of rotatable bonds is 14. The number of para-hydroxylation sites is 1. The molecule has 0 aliphatic heterocycles. The summed E-state index contributed by atoms with van der Waals surface area (Å²) < 4.78 is 14.4. The van der Waals surface area contributed by atoms with E-state index in [4.69, 9.17) is 4.42 Å². The number of thiophene rings is 3. The molecule has 6 heteroatoms. The second-order valence-corrected chi connectivity index (χ2v) is 35.7. The van der Waals surface area contributed by atoms with E-state index in [9.17, 15) is 0 Å². The largest absolute Gasteiger partial charge is 0.456 e. The predicted octanol–water partition coefficient (Wildman–Crippen LogP) is 36.1. The van der Waals surface area contributed by atoms with Crippen molar-refractivity contribution < 1.29 is 4.42 Å². The number of nitrogens with zero attached hydrogens (tertiary/aromatic N) is 2. The van der Waals surface area contributed by atoms with Crippen molar-refractivity contribution in [1.82, 2.24) is 0 Å². The molecule has 0 amide bonds. The van der Waals surface area contributed by atoms with E-state index in [2.05, 4.69) is 465 Å². The number of furan rings is 1. The fraction of sp³-hybridized carbons (Fsp3) is 0. The molecule has 0 aliphatic carbocycles. The number of fused-ring (bicyclic) bond motifs is 18. The monoisotopic (exact) mass is 1660 g/mol. The molecule has 25 aromatic rings. The molecule has 25 rings (SSSR count). The lowest BCUT2D eigenvalue weighted by Gasteiger charge is -2.26. The first-order valence-corrected chi connectivity index (χ1v) is 45.3. The summed E-state index contributed by atoms with van der Waals surface area (Å²) in [5.41, 5.74) is 27.6. The minimum absolute atomic E-state index is 0.907. The van der Waals surface area contributed by atoms with E-state index in [1.54, 1.807) is 0 Å². The zero-order valence-corrected chi connectivity index (χ0v) is 70.9. The van der Waals surface area contributed by atoms with Gasteiger partial charge in [-0.1, -0.05) is 340 Å². The van der Waals surface area contributed by atoms with Crippen LogP contribution in [0.2, 0.25) is 0 Å². The summed E-state index contributed by atoms with van der Waals surface area (Å²) in [6.45, 7) is 0. The summed E-state index contributed by atoms with van der Waals surface area (Å²) in [4.78, 5) is 4.70. The third kappa shape index (κ3) is 13.5. The molecule has 0 atom stereocenters. The molecule has 0 bridgehead atoms. The van der Waals surface area contributed by atoms with Gasteiger partial charge in [0.05, 0.1) is 0 Å². The van der Waals surface area contributed by atoms with Crippen LogP contribution in [0.25, 0.3) is 204 Å². The van der Waals surface area contributed by atoms with Crippen molar-refractivity contribution in [2.45, 2.75) is 0 Å². The van der Waals surface area contributed by atoms with Gasteiger partial charge in [-0.25, -0.2) is 0 Å². The van der Waals surface area contributed by atoms with E-state index in [1.165, 1.54) is 176 Å². The van der Waals surface area contributed by atoms with Crippen LogP contribution in [-0.2, 0) is 0 Å². The van der Waals surface area contributed by atoms with Crippen molar-refractivity contribution in [3.63, 3.8) is 0 Å². The van der Waals surface area contributed by atoms with Crippen molar-refractivity contribution in [3.8, 4) is 89.0 Å². The molecular weight excluding hydrogens is 1580 g/mol. The molecule has 590 valence electrons. The Labute approximate surface area is 741 Å². The quantitative estimate of drug-likeness (QED) is 0.108. The first kappa shape index (κ1) is 74.3. The standard InChI is InChI=1S/C64H41NS2.C56H35NOS/c1-2-8-42(9-3-1)45-22-31-53(32-23-45)65(54-33-24-46(25-34-54)43-14-18-48(19-15-43)51-29-38-62-59(40-51)57-12-6-7-13-61(57)66-62)55-35-26-47(27-36-55)44-16-20-49(21-17-44)52-30-39-63-60(41-52)58-37-28-50-10-4-5-11-56(50)64(58)67-63;1-2-10-36(11-3-1)37-18-26-42(27-19-37)57(43-28-20-38(21-29-43)41-25-32-47-49-33-24-39-12-4-5-13-45(39)56(49)59-54(47)34-41)44-30-22-40(23-31-44)51-35-53-55(48-15-7-6-14-46(48)51)50-16-8-9-17-52(50)58-53/h1-41H;1-35H. The van der Waals surface area contributed by atoms with Crippen molar-refractivity contribution >= 4 is 183 Å². The summed E-state index contributed by atoms with van der Waals surface area (Å²) in [6.07, 6.45) is 0. The molecule has 21 aromatic carbocycles. The van der Waals surface area contributed by atoms with E-state index in [0.29, 0.717) is 0 Å². The maximum atomic E-state index is 6.43. The van der Waals surface area contributed by atoms with Gasteiger partial charge in [0.25, 0.3) is 0 Å². The van der Waals surface area contributed by atoms with Gasteiger partial charge in [0.15, 0.2) is 0 Å². The Balaban J connectivity index is 0.000000142. The van der Waals surface area contributed by atoms with Crippen molar-refractivity contribution in [3.05, 3.63) is 461 Å². The Hall–Kier alpha value is -15.5. The highest BCUT2D eigenvalue weighted by atomic mass is 32.1. The Morgan fingerprint density at radius 1 is 0.159 bits per heavy atom. The predicted molar refractivity (Wildman–Crippen MR) is 544 cm³/mol. The van der Waals surface area contributed by atoms with Gasteiger partial charge in [0.2, 0.25) is 0 Å². The summed E-state index contributed by atoms with van der Waals surface area (Å²) in [5.74, 6) is 0. The Morgan fingerprint density at radius 3 is 0.937 bits per heavy atom. The molecule has 0 fully saturated rings. The van der Waals surface area contributed by atoms with Crippen molar-refractivity contribution in [1.29, 1.82) is 0 Å². The summed E-state index contributed by atoms with van der Waals surface area (Å²) >= 11 is 5.64. The van der Waals surface area contributed by atoms with Crippen LogP contribution >= 0.6 is 34.0 Å². The number of hydrogen-bond acceptors (Lipinski definition) is 6. The highest BCUT2D eigenvalue weighted by Crippen LogP contribution is 2.48. The Bertz CT molecular complexity index is 8450. The summed E-state index contributed by atoms with van der Waals surface area (Å²) in [6, 6.07) is 168. The third-order valence-electron chi connectivity index (χ3n) is 25.2. The average Bonchev–Trinajstić information content (AvgIpc) is 1.58. The SMILES string of the molecule is c1ccc(-c2ccc(N(c3ccc(-c4ccc(-c5ccc6sc7ccccc7c6c5)cc4)cc3)c3ccc(-c4ccc(-c5ccc6sc7c8ccccc8ccc7c6c5)cc4)cc3)cc2)cc1.c1ccc(-c2ccc(N(c3ccc(-c4ccc5c(c4)sc4c6ccccc6ccc54)cc3)c3ccc(-c4cc5oc6ccccc6c5c5ccccc45)cc3)cc2)cc1. The normalized spacial score (nSPS) is 11.7.